The van der Waals surface area contributed by atoms with Gasteiger partial charge in [-0.1, -0.05) is 0 Å². The van der Waals surface area contributed by atoms with E-state index >= 15 is 0 Å². The molecular formula is C16H19NOSe. The van der Waals surface area contributed by atoms with Crippen molar-refractivity contribution < 1.29 is 4.79 Å². The summed E-state index contributed by atoms with van der Waals surface area (Å²) in [6, 6.07) is 10.8. The summed E-state index contributed by atoms with van der Waals surface area (Å²) in [6.45, 7) is 0. The average Bonchev–Trinajstić information content (AvgIpc) is 2.70. The van der Waals surface area contributed by atoms with E-state index in [1.807, 2.05) is 6.07 Å². The van der Waals surface area contributed by atoms with Crippen molar-refractivity contribution >= 4 is 30.1 Å². The molecule has 0 radical (unpaired) electrons. The SMILES string of the molecule is O=C(NC1CCCCCC1)c1cc2ccccc2[se]1. The normalized spacial score (nSPS) is 17.3. The third kappa shape index (κ3) is 3.10. The molecular weight excluding hydrogens is 301 g/mol. The van der Waals surface area contributed by atoms with Crippen molar-refractivity contribution in [1.29, 1.82) is 0 Å². The molecule has 2 nitrogen and oxygen atoms in total. The predicted octanol–water partition coefficient (Wildman–Crippen LogP) is 3.35. The Bertz CT molecular complexity index is 534. The van der Waals surface area contributed by atoms with E-state index in [1.54, 1.807) is 0 Å². The standard InChI is InChI=1S/C16H19NOSe/c18-16(17-13-8-3-1-2-4-9-13)15-11-12-7-5-6-10-14(12)19-15/h5-7,10-11,13H,1-4,8-9H2,(H,17,18). The van der Waals surface area contributed by atoms with Gasteiger partial charge in [-0.3, -0.25) is 0 Å². The Balaban J connectivity index is 1.72. The van der Waals surface area contributed by atoms with Crippen LogP contribution in [0.15, 0.2) is 30.3 Å². The summed E-state index contributed by atoms with van der Waals surface area (Å²) in [7, 11) is 0. The van der Waals surface area contributed by atoms with Crippen molar-refractivity contribution in [3.63, 3.8) is 0 Å². The van der Waals surface area contributed by atoms with E-state index in [0.717, 1.165) is 17.3 Å². The molecule has 0 aliphatic heterocycles. The Morgan fingerprint density at radius 2 is 1.84 bits per heavy atom. The molecule has 0 saturated heterocycles. The van der Waals surface area contributed by atoms with Crippen molar-refractivity contribution in [3.05, 3.63) is 34.8 Å². The predicted molar refractivity (Wildman–Crippen MR) is 79.8 cm³/mol. The second-order valence-electron chi connectivity index (χ2n) is 5.31. The molecule has 19 heavy (non-hydrogen) atoms. The Morgan fingerprint density at radius 1 is 1.11 bits per heavy atom. The number of benzene rings is 1. The summed E-state index contributed by atoms with van der Waals surface area (Å²) in [5.74, 6) is 0.170. The number of nitrogens with one attached hydrogen (secondary N) is 1. The van der Waals surface area contributed by atoms with Crippen LogP contribution in [0.3, 0.4) is 0 Å². The molecule has 3 heteroatoms. The fraction of sp³-hybridized carbons (Fsp3) is 0.438. The van der Waals surface area contributed by atoms with E-state index in [4.69, 9.17) is 0 Å². The number of hydrogen-bond acceptors (Lipinski definition) is 1. The maximum absolute atomic E-state index is 12.3. The molecule has 0 spiro atoms. The number of carbonyl (C=O) groups excluding carboxylic acids is 1. The monoisotopic (exact) mass is 321 g/mol. The molecule has 1 aliphatic rings. The third-order valence-corrected chi connectivity index (χ3v) is 6.18. The van der Waals surface area contributed by atoms with Gasteiger partial charge in [0.2, 0.25) is 0 Å². The topological polar surface area (TPSA) is 29.1 Å². The average molecular weight is 320 g/mol. The third-order valence-electron chi connectivity index (χ3n) is 3.84. The van der Waals surface area contributed by atoms with Gasteiger partial charge >= 0.3 is 120 Å². The second-order valence-corrected chi connectivity index (χ2v) is 7.58. The molecule has 0 unspecified atom stereocenters. The minimum absolute atomic E-state index is 0.170. The van der Waals surface area contributed by atoms with Crippen molar-refractivity contribution in [3.8, 4) is 0 Å². The van der Waals surface area contributed by atoms with Crippen LogP contribution in [0.2, 0.25) is 0 Å². The van der Waals surface area contributed by atoms with Gasteiger partial charge in [0.1, 0.15) is 0 Å². The van der Waals surface area contributed by atoms with E-state index in [2.05, 4.69) is 29.6 Å². The van der Waals surface area contributed by atoms with Crippen LogP contribution in [0.5, 0.6) is 0 Å². The first kappa shape index (κ1) is 13.0. The van der Waals surface area contributed by atoms with E-state index in [0.29, 0.717) is 6.04 Å². The molecule has 100 valence electrons. The van der Waals surface area contributed by atoms with Crippen molar-refractivity contribution in [2.24, 2.45) is 0 Å². The van der Waals surface area contributed by atoms with Gasteiger partial charge in [-0.25, -0.2) is 0 Å². The van der Waals surface area contributed by atoms with Gasteiger partial charge in [0.05, 0.1) is 0 Å². The van der Waals surface area contributed by atoms with Crippen LogP contribution < -0.4 is 5.32 Å². The first-order valence-electron chi connectivity index (χ1n) is 7.12. The molecule has 1 aromatic carbocycles. The van der Waals surface area contributed by atoms with Crippen LogP contribution in [-0.2, 0) is 0 Å². The van der Waals surface area contributed by atoms with Crippen LogP contribution in [-0.4, -0.2) is 26.5 Å². The van der Waals surface area contributed by atoms with E-state index in [1.165, 1.54) is 35.3 Å². The van der Waals surface area contributed by atoms with Gasteiger partial charge in [0.25, 0.3) is 0 Å². The quantitative estimate of drug-likeness (QED) is 0.667. The number of fused-ring (bicyclic) bond motifs is 1. The Kier molecular flexibility index (Phi) is 4.05. The number of hydrogen-bond donors (Lipinski definition) is 1. The summed E-state index contributed by atoms with van der Waals surface area (Å²) in [6.07, 6.45) is 7.47. The van der Waals surface area contributed by atoms with E-state index in [9.17, 15) is 4.79 Å². The Morgan fingerprint density at radius 3 is 2.58 bits per heavy atom. The van der Waals surface area contributed by atoms with E-state index < -0.39 is 0 Å². The number of rotatable bonds is 2. The Hall–Kier alpha value is -1.05. The van der Waals surface area contributed by atoms with Gasteiger partial charge in [0, 0.05) is 0 Å². The molecule has 1 N–H and O–H groups in total. The molecule has 1 heterocycles. The molecule has 0 atom stereocenters. The van der Waals surface area contributed by atoms with Gasteiger partial charge < -0.3 is 0 Å². The Labute approximate surface area is 119 Å². The molecule has 1 saturated carbocycles. The van der Waals surface area contributed by atoms with Crippen molar-refractivity contribution in [2.45, 2.75) is 44.6 Å². The maximum atomic E-state index is 12.3. The van der Waals surface area contributed by atoms with Crippen molar-refractivity contribution in [1.82, 2.24) is 5.32 Å². The summed E-state index contributed by atoms with van der Waals surface area (Å²) in [4.78, 5) is 12.3. The van der Waals surface area contributed by atoms with Crippen LogP contribution >= 0.6 is 0 Å². The molecule has 1 aromatic heterocycles. The fourth-order valence-corrected chi connectivity index (χ4v) is 4.80. The molecule has 1 aliphatic carbocycles. The molecule has 2 aromatic rings. The summed E-state index contributed by atoms with van der Waals surface area (Å²) in [5.41, 5.74) is 0. The summed E-state index contributed by atoms with van der Waals surface area (Å²) in [5, 5.41) is 4.47. The van der Waals surface area contributed by atoms with Crippen LogP contribution in [0.1, 0.15) is 47.8 Å². The first-order chi connectivity index (χ1) is 9.33. The number of carbonyl (C=O) groups is 1. The zero-order chi connectivity index (χ0) is 13.1. The molecule has 3 rings (SSSR count). The van der Waals surface area contributed by atoms with Crippen molar-refractivity contribution in [2.75, 3.05) is 0 Å². The van der Waals surface area contributed by atoms with Gasteiger partial charge in [-0.05, 0) is 0 Å². The van der Waals surface area contributed by atoms with Gasteiger partial charge in [-0.15, -0.1) is 0 Å². The van der Waals surface area contributed by atoms with Crippen LogP contribution in [0.25, 0.3) is 9.65 Å². The molecule has 1 amide bonds. The molecule has 0 bridgehead atoms. The first-order valence-corrected chi connectivity index (χ1v) is 8.84. The van der Waals surface area contributed by atoms with Gasteiger partial charge in [-0.2, -0.15) is 0 Å². The molecule has 1 fully saturated rings. The minimum atomic E-state index is 0.170. The van der Waals surface area contributed by atoms with Crippen LogP contribution in [0.4, 0.5) is 0 Å². The second kappa shape index (κ2) is 5.94. The zero-order valence-electron chi connectivity index (χ0n) is 11.0. The van der Waals surface area contributed by atoms with E-state index in [-0.39, 0.29) is 20.4 Å². The zero-order valence-corrected chi connectivity index (χ0v) is 12.7. The fourth-order valence-electron chi connectivity index (χ4n) is 2.77. The van der Waals surface area contributed by atoms with Crippen LogP contribution in [0, 0.1) is 0 Å². The number of amides is 1. The summed E-state index contributed by atoms with van der Waals surface area (Å²) >= 11 is 0.186. The van der Waals surface area contributed by atoms with Gasteiger partial charge in [0.15, 0.2) is 0 Å². The summed E-state index contributed by atoms with van der Waals surface area (Å²) < 4.78 is 2.32.